The molecule has 136 valence electrons. The molecule has 0 spiro atoms. The average Bonchev–Trinajstić information content (AvgIpc) is 3.08. The lowest BCUT2D eigenvalue weighted by Crippen LogP contribution is -2.43. The molecule has 1 fully saturated rings. The van der Waals surface area contributed by atoms with Gasteiger partial charge in [-0.2, -0.15) is 11.8 Å². The van der Waals surface area contributed by atoms with Gasteiger partial charge in [-0.05, 0) is 38.4 Å². The third-order valence-electron chi connectivity index (χ3n) is 4.75. The van der Waals surface area contributed by atoms with Crippen LogP contribution in [-0.4, -0.2) is 44.8 Å². The Morgan fingerprint density at radius 3 is 2.88 bits per heavy atom. The molecule has 1 aromatic heterocycles. The molecule has 8 heteroatoms. The quantitative estimate of drug-likeness (QED) is 0.408. The van der Waals surface area contributed by atoms with Crippen LogP contribution in [0.4, 0.5) is 0 Å². The predicted molar refractivity (Wildman–Crippen MR) is 111 cm³/mol. The molecule has 1 saturated heterocycles. The molecule has 0 radical (unpaired) electrons. The summed E-state index contributed by atoms with van der Waals surface area (Å²) < 4.78 is 2.62. The lowest BCUT2D eigenvalue weighted by molar-refractivity contribution is 0.577. The smallest absolute Gasteiger partial charge is 0.191 e. The van der Waals surface area contributed by atoms with Gasteiger partial charge in [0.1, 0.15) is 5.82 Å². The number of nitrogens with zero attached hydrogens (tertiary/aromatic N) is 4. The Morgan fingerprint density at radius 2 is 2.12 bits per heavy atom. The summed E-state index contributed by atoms with van der Waals surface area (Å²) in [5, 5.41) is 15.6. The minimum atomic E-state index is 0. The minimum Gasteiger partial charge on any atom is -0.355 e. The zero-order valence-corrected chi connectivity index (χ0v) is 17.8. The summed E-state index contributed by atoms with van der Waals surface area (Å²) in [7, 11) is 1.82. The lowest BCUT2D eigenvalue weighted by atomic mass is 10.1. The maximum Gasteiger partial charge on any atom is 0.191 e. The summed E-state index contributed by atoms with van der Waals surface area (Å²) in [6.45, 7) is 5.01. The lowest BCUT2D eigenvalue weighted by Gasteiger charge is -2.24. The summed E-state index contributed by atoms with van der Waals surface area (Å²) in [6, 6.07) is 0. The molecule has 1 atom stereocenters. The highest BCUT2D eigenvalue weighted by atomic mass is 127. The average molecular weight is 464 g/mol. The van der Waals surface area contributed by atoms with E-state index in [0.29, 0.717) is 11.3 Å². The Hall–Kier alpha value is -0.510. The zero-order chi connectivity index (χ0) is 16.1. The first-order chi connectivity index (χ1) is 11.2. The second kappa shape index (κ2) is 9.26. The number of aliphatic imine (C=N–C) groups is 1. The molecule has 0 bridgehead atoms. The Labute approximate surface area is 166 Å². The Balaban J connectivity index is 0.00000208. The Kier molecular flexibility index (Phi) is 7.64. The van der Waals surface area contributed by atoms with Crippen LogP contribution in [0.1, 0.15) is 50.7 Å². The van der Waals surface area contributed by atoms with Crippen LogP contribution in [-0.2, 0) is 19.5 Å². The van der Waals surface area contributed by atoms with Crippen LogP contribution in [0, 0.1) is 0 Å². The molecular weight excluding hydrogens is 435 g/mol. The number of aryl methyl sites for hydroxylation is 1. The number of nitrogens with one attached hydrogen (secondary N) is 2. The summed E-state index contributed by atoms with van der Waals surface area (Å²) in [6.07, 6.45) is 7.39. The Bertz CT molecular complexity index is 553. The number of guanidine groups is 1. The molecule has 0 amide bonds. The van der Waals surface area contributed by atoms with Gasteiger partial charge in [-0.25, -0.2) is 0 Å². The second-order valence-electron chi connectivity index (χ2n) is 6.68. The van der Waals surface area contributed by atoms with Gasteiger partial charge in [-0.3, -0.25) is 4.99 Å². The highest BCUT2D eigenvalue weighted by molar-refractivity contribution is 14.0. The van der Waals surface area contributed by atoms with Crippen molar-refractivity contribution in [2.75, 3.05) is 19.3 Å². The third kappa shape index (κ3) is 5.00. The normalized spacial score (nSPS) is 24.0. The molecule has 3 heterocycles. The number of fused-ring (bicyclic) bond motifs is 1. The van der Waals surface area contributed by atoms with Crippen molar-refractivity contribution in [1.29, 1.82) is 0 Å². The molecule has 0 aromatic carbocycles. The number of hydrogen-bond donors (Lipinski definition) is 2. The number of halogens is 1. The molecule has 0 aliphatic carbocycles. The van der Waals surface area contributed by atoms with Crippen LogP contribution >= 0.6 is 35.7 Å². The van der Waals surface area contributed by atoms with E-state index in [-0.39, 0.29) is 24.0 Å². The summed E-state index contributed by atoms with van der Waals surface area (Å²) >= 11 is 2.06. The number of aromatic nitrogens is 3. The van der Waals surface area contributed by atoms with Gasteiger partial charge in [0.25, 0.3) is 0 Å². The monoisotopic (exact) mass is 464 g/mol. The van der Waals surface area contributed by atoms with Gasteiger partial charge in [0.2, 0.25) is 0 Å². The first-order valence-electron chi connectivity index (χ1n) is 8.70. The molecule has 2 N–H and O–H groups in total. The fraction of sp³-hybridized carbons (Fsp3) is 0.812. The molecule has 1 unspecified atom stereocenters. The summed E-state index contributed by atoms with van der Waals surface area (Å²) in [4.78, 5) is 4.34. The van der Waals surface area contributed by atoms with Gasteiger partial charge in [0.15, 0.2) is 11.8 Å². The van der Waals surface area contributed by atoms with E-state index >= 15 is 0 Å². The van der Waals surface area contributed by atoms with Crippen molar-refractivity contribution in [2.24, 2.45) is 4.99 Å². The number of thioether (sulfide) groups is 1. The van der Waals surface area contributed by atoms with Crippen molar-refractivity contribution in [1.82, 2.24) is 25.4 Å². The molecule has 2 aliphatic rings. The van der Waals surface area contributed by atoms with Gasteiger partial charge < -0.3 is 15.2 Å². The highest BCUT2D eigenvalue weighted by Crippen LogP contribution is 2.36. The van der Waals surface area contributed by atoms with Crippen LogP contribution in [0.5, 0.6) is 0 Å². The van der Waals surface area contributed by atoms with E-state index in [0.717, 1.165) is 37.1 Å². The summed E-state index contributed by atoms with van der Waals surface area (Å²) in [5.41, 5.74) is 0. The van der Waals surface area contributed by atoms with E-state index in [1.165, 1.54) is 37.9 Å². The van der Waals surface area contributed by atoms with Crippen molar-refractivity contribution in [3.05, 3.63) is 11.6 Å². The van der Waals surface area contributed by atoms with E-state index in [4.69, 9.17) is 0 Å². The fourth-order valence-electron chi connectivity index (χ4n) is 3.31. The molecule has 0 saturated carbocycles. The van der Waals surface area contributed by atoms with Crippen LogP contribution < -0.4 is 10.6 Å². The first kappa shape index (κ1) is 19.8. The molecular formula is C16H29IN6S. The van der Waals surface area contributed by atoms with E-state index in [2.05, 4.69) is 49.1 Å². The molecule has 2 aliphatic heterocycles. The Morgan fingerprint density at radius 1 is 1.25 bits per heavy atom. The predicted octanol–water partition coefficient (Wildman–Crippen LogP) is 2.57. The largest absolute Gasteiger partial charge is 0.355 e. The van der Waals surface area contributed by atoms with Crippen LogP contribution in [0.2, 0.25) is 0 Å². The van der Waals surface area contributed by atoms with Crippen molar-refractivity contribution < 1.29 is 0 Å². The zero-order valence-electron chi connectivity index (χ0n) is 14.7. The number of rotatable bonds is 4. The summed E-state index contributed by atoms with van der Waals surface area (Å²) in [5.74, 6) is 4.28. The second-order valence-corrected chi connectivity index (χ2v) is 8.36. The topological polar surface area (TPSA) is 67.1 Å². The van der Waals surface area contributed by atoms with Gasteiger partial charge >= 0.3 is 0 Å². The van der Waals surface area contributed by atoms with Crippen LogP contribution in [0.3, 0.4) is 0 Å². The maximum absolute atomic E-state index is 4.36. The van der Waals surface area contributed by atoms with Crippen molar-refractivity contribution in [3.63, 3.8) is 0 Å². The fourth-order valence-corrected chi connectivity index (χ4v) is 4.55. The molecule has 24 heavy (non-hydrogen) atoms. The molecule has 1 aromatic rings. The van der Waals surface area contributed by atoms with Crippen LogP contribution in [0.25, 0.3) is 0 Å². The van der Waals surface area contributed by atoms with E-state index in [9.17, 15) is 0 Å². The van der Waals surface area contributed by atoms with Gasteiger partial charge in [0.05, 0.1) is 6.54 Å². The highest BCUT2D eigenvalue weighted by Gasteiger charge is 2.29. The van der Waals surface area contributed by atoms with Gasteiger partial charge in [0, 0.05) is 31.3 Å². The minimum absolute atomic E-state index is 0. The SMILES string of the molecule is CN=C(NCc1nnc2n1CCCCC2)NCC1(C)CCCS1.I. The third-order valence-corrected chi connectivity index (χ3v) is 6.29. The van der Waals surface area contributed by atoms with Crippen LogP contribution in [0.15, 0.2) is 4.99 Å². The van der Waals surface area contributed by atoms with Gasteiger partial charge in [-0.1, -0.05) is 6.42 Å². The number of hydrogen-bond acceptors (Lipinski definition) is 4. The first-order valence-corrected chi connectivity index (χ1v) is 9.68. The van der Waals surface area contributed by atoms with Crippen molar-refractivity contribution in [3.8, 4) is 0 Å². The van der Waals surface area contributed by atoms with E-state index < -0.39 is 0 Å². The molecule has 3 rings (SSSR count). The van der Waals surface area contributed by atoms with E-state index in [1.807, 2.05) is 7.05 Å². The van der Waals surface area contributed by atoms with Crippen molar-refractivity contribution >= 4 is 41.7 Å². The maximum atomic E-state index is 4.36. The van der Waals surface area contributed by atoms with Gasteiger partial charge in [-0.15, -0.1) is 34.2 Å². The standard InChI is InChI=1S/C16H28N6S.HI/c1-16(8-6-10-23-16)12-19-15(17-2)18-11-14-21-20-13-7-4-3-5-9-22(13)14;/h3-12H2,1-2H3,(H2,17,18,19);1H. The van der Waals surface area contributed by atoms with E-state index in [1.54, 1.807) is 0 Å². The molecule has 6 nitrogen and oxygen atoms in total. The van der Waals surface area contributed by atoms with Crippen molar-refractivity contribution in [2.45, 2.75) is 63.3 Å².